The zero-order valence-electron chi connectivity index (χ0n) is 9.08. The van der Waals surface area contributed by atoms with E-state index in [2.05, 4.69) is 6.92 Å². The molecule has 0 aliphatic rings. The van der Waals surface area contributed by atoms with E-state index in [4.69, 9.17) is 14.2 Å². The highest BCUT2D eigenvalue weighted by atomic mass is 16.6. The molecule has 14 heavy (non-hydrogen) atoms. The van der Waals surface area contributed by atoms with Gasteiger partial charge in [-0.25, -0.2) is 4.79 Å². The van der Waals surface area contributed by atoms with Gasteiger partial charge in [-0.1, -0.05) is 13.3 Å². The van der Waals surface area contributed by atoms with Gasteiger partial charge in [0, 0.05) is 13.2 Å². The minimum atomic E-state index is -0.319. The van der Waals surface area contributed by atoms with Crippen LogP contribution in [0.5, 0.6) is 0 Å². The minimum absolute atomic E-state index is 0.0477. The standard InChI is InChI=1S/C10H20O4/c1-3-5-6-13-9-10(11)14-8-7-12-4-2/h3-9H2,1-2H3. The van der Waals surface area contributed by atoms with Crippen molar-refractivity contribution in [2.45, 2.75) is 26.7 Å². The molecule has 4 nitrogen and oxygen atoms in total. The lowest BCUT2D eigenvalue weighted by Crippen LogP contribution is -2.16. The topological polar surface area (TPSA) is 44.8 Å². The molecule has 84 valence electrons. The fourth-order valence-corrected chi connectivity index (χ4v) is 0.802. The fraction of sp³-hybridized carbons (Fsp3) is 0.900. The first kappa shape index (κ1) is 13.4. The molecule has 0 bridgehead atoms. The molecule has 0 heterocycles. The van der Waals surface area contributed by atoms with Gasteiger partial charge in [-0.05, 0) is 13.3 Å². The normalized spacial score (nSPS) is 10.1. The van der Waals surface area contributed by atoms with Crippen LogP contribution >= 0.6 is 0 Å². The molecule has 0 amide bonds. The molecule has 4 heteroatoms. The Morgan fingerprint density at radius 1 is 1.07 bits per heavy atom. The van der Waals surface area contributed by atoms with Crippen molar-refractivity contribution in [2.24, 2.45) is 0 Å². The quantitative estimate of drug-likeness (QED) is 0.420. The van der Waals surface area contributed by atoms with Gasteiger partial charge in [0.1, 0.15) is 13.2 Å². The van der Waals surface area contributed by atoms with Crippen LogP contribution in [0, 0.1) is 0 Å². The highest BCUT2D eigenvalue weighted by Gasteiger charge is 2.01. The molecule has 0 unspecified atom stereocenters. The summed E-state index contributed by atoms with van der Waals surface area (Å²) in [6.45, 7) is 6.05. The lowest BCUT2D eigenvalue weighted by molar-refractivity contribution is -0.150. The van der Waals surface area contributed by atoms with E-state index in [1.807, 2.05) is 6.92 Å². The first-order valence-corrected chi connectivity index (χ1v) is 5.12. The van der Waals surface area contributed by atoms with E-state index in [9.17, 15) is 4.79 Å². The van der Waals surface area contributed by atoms with Crippen LogP contribution in [0.4, 0.5) is 0 Å². The van der Waals surface area contributed by atoms with E-state index in [-0.39, 0.29) is 12.6 Å². The average Bonchev–Trinajstić information content (AvgIpc) is 2.19. The number of unbranched alkanes of at least 4 members (excludes halogenated alkanes) is 1. The van der Waals surface area contributed by atoms with Crippen LogP contribution < -0.4 is 0 Å². The van der Waals surface area contributed by atoms with Crippen LogP contribution in [-0.4, -0.2) is 39.0 Å². The van der Waals surface area contributed by atoms with E-state index < -0.39 is 0 Å². The third-order valence-electron chi connectivity index (χ3n) is 1.56. The van der Waals surface area contributed by atoms with Crippen molar-refractivity contribution in [3.63, 3.8) is 0 Å². The molecule has 0 radical (unpaired) electrons. The summed E-state index contributed by atoms with van der Waals surface area (Å²) < 4.78 is 14.9. The Morgan fingerprint density at radius 3 is 2.50 bits per heavy atom. The summed E-state index contributed by atoms with van der Waals surface area (Å²) in [4.78, 5) is 11.0. The summed E-state index contributed by atoms with van der Waals surface area (Å²) in [5, 5.41) is 0. The molecule has 0 aromatic carbocycles. The van der Waals surface area contributed by atoms with Crippen molar-refractivity contribution in [2.75, 3.05) is 33.0 Å². The molecule has 0 N–H and O–H groups in total. The van der Waals surface area contributed by atoms with Crippen LogP contribution in [0.25, 0.3) is 0 Å². The van der Waals surface area contributed by atoms with Crippen LogP contribution in [-0.2, 0) is 19.0 Å². The second kappa shape index (κ2) is 10.5. The van der Waals surface area contributed by atoms with E-state index in [0.29, 0.717) is 26.4 Å². The van der Waals surface area contributed by atoms with Crippen LogP contribution in [0.1, 0.15) is 26.7 Å². The Labute approximate surface area is 85.5 Å². The van der Waals surface area contributed by atoms with Gasteiger partial charge in [-0.2, -0.15) is 0 Å². The third kappa shape index (κ3) is 9.48. The van der Waals surface area contributed by atoms with Crippen molar-refractivity contribution in [3.05, 3.63) is 0 Å². The van der Waals surface area contributed by atoms with Crippen molar-refractivity contribution < 1.29 is 19.0 Å². The third-order valence-corrected chi connectivity index (χ3v) is 1.56. The molecule has 0 fully saturated rings. The molecule has 0 spiro atoms. The maximum Gasteiger partial charge on any atom is 0.332 e. The highest BCUT2D eigenvalue weighted by Crippen LogP contribution is 1.89. The number of esters is 1. The molecular weight excluding hydrogens is 184 g/mol. The molecular formula is C10H20O4. The van der Waals surface area contributed by atoms with Gasteiger partial charge in [0.15, 0.2) is 0 Å². The summed E-state index contributed by atoms with van der Waals surface area (Å²) in [5.74, 6) is -0.319. The van der Waals surface area contributed by atoms with Crippen LogP contribution in [0.2, 0.25) is 0 Å². The van der Waals surface area contributed by atoms with Gasteiger partial charge >= 0.3 is 5.97 Å². The van der Waals surface area contributed by atoms with Gasteiger partial charge in [-0.15, -0.1) is 0 Å². The summed E-state index contributed by atoms with van der Waals surface area (Å²) in [5.41, 5.74) is 0. The first-order valence-electron chi connectivity index (χ1n) is 5.12. The molecule has 0 aliphatic heterocycles. The number of rotatable bonds is 9. The maximum absolute atomic E-state index is 11.0. The number of carbonyl (C=O) groups is 1. The van der Waals surface area contributed by atoms with E-state index in [0.717, 1.165) is 12.8 Å². The number of ether oxygens (including phenoxy) is 3. The van der Waals surface area contributed by atoms with Crippen LogP contribution in [0.15, 0.2) is 0 Å². The van der Waals surface area contributed by atoms with E-state index in [1.54, 1.807) is 0 Å². The molecule has 0 aliphatic carbocycles. The summed E-state index contributed by atoms with van der Waals surface area (Å²) >= 11 is 0. The highest BCUT2D eigenvalue weighted by molar-refractivity contribution is 5.70. The lowest BCUT2D eigenvalue weighted by atomic mass is 10.4. The number of hydrogen-bond acceptors (Lipinski definition) is 4. The Balaban J connectivity index is 3.11. The SMILES string of the molecule is CCCCOCC(=O)OCCOCC. The molecule has 0 rings (SSSR count). The van der Waals surface area contributed by atoms with Crippen molar-refractivity contribution in [1.29, 1.82) is 0 Å². The Bertz CT molecular complexity index is 122. The number of carbonyl (C=O) groups excluding carboxylic acids is 1. The molecule has 0 aromatic rings. The average molecular weight is 204 g/mol. The molecule has 0 saturated carbocycles. The van der Waals surface area contributed by atoms with Gasteiger partial charge in [0.05, 0.1) is 6.61 Å². The van der Waals surface area contributed by atoms with Gasteiger partial charge in [0.25, 0.3) is 0 Å². The fourth-order valence-electron chi connectivity index (χ4n) is 0.802. The largest absolute Gasteiger partial charge is 0.462 e. The zero-order valence-corrected chi connectivity index (χ0v) is 9.08. The van der Waals surface area contributed by atoms with E-state index in [1.165, 1.54) is 0 Å². The number of hydrogen-bond donors (Lipinski definition) is 0. The zero-order chi connectivity index (χ0) is 10.6. The van der Waals surface area contributed by atoms with Gasteiger partial charge < -0.3 is 14.2 Å². The Kier molecular flexibility index (Phi) is 10.0. The van der Waals surface area contributed by atoms with Crippen LogP contribution in [0.3, 0.4) is 0 Å². The summed E-state index contributed by atoms with van der Waals surface area (Å²) in [6, 6.07) is 0. The van der Waals surface area contributed by atoms with Crippen molar-refractivity contribution in [1.82, 2.24) is 0 Å². The van der Waals surface area contributed by atoms with Gasteiger partial charge in [0.2, 0.25) is 0 Å². The molecule has 0 atom stereocenters. The maximum atomic E-state index is 11.0. The predicted octanol–water partition coefficient (Wildman–Crippen LogP) is 1.38. The molecule has 0 aromatic heterocycles. The van der Waals surface area contributed by atoms with Crippen molar-refractivity contribution in [3.8, 4) is 0 Å². The second-order valence-electron chi connectivity index (χ2n) is 2.82. The Morgan fingerprint density at radius 2 is 1.86 bits per heavy atom. The molecule has 0 saturated heterocycles. The van der Waals surface area contributed by atoms with Gasteiger partial charge in [-0.3, -0.25) is 0 Å². The summed E-state index contributed by atoms with van der Waals surface area (Å²) in [7, 11) is 0. The smallest absolute Gasteiger partial charge is 0.332 e. The van der Waals surface area contributed by atoms with E-state index >= 15 is 0 Å². The van der Waals surface area contributed by atoms with Crippen molar-refractivity contribution >= 4 is 5.97 Å². The predicted molar refractivity (Wildman–Crippen MR) is 53.2 cm³/mol. The monoisotopic (exact) mass is 204 g/mol. The first-order chi connectivity index (χ1) is 6.81. The summed E-state index contributed by atoms with van der Waals surface area (Å²) in [6.07, 6.45) is 2.05. The second-order valence-corrected chi connectivity index (χ2v) is 2.82. The Hall–Kier alpha value is -0.610. The lowest BCUT2D eigenvalue weighted by Gasteiger charge is -2.05. The minimum Gasteiger partial charge on any atom is -0.462 e.